The molecule has 36 heavy (non-hydrogen) atoms. The molecule has 0 atom stereocenters. The first-order valence-corrected chi connectivity index (χ1v) is 10.8. The fraction of sp³-hybridized carbons (Fsp3) is 0. The molecular weight excluding hydrogens is 462 g/mol. The van der Waals surface area contributed by atoms with Crippen LogP contribution in [0.25, 0.3) is 11.8 Å². The summed E-state index contributed by atoms with van der Waals surface area (Å²) in [7, 11) is 0. The van der Waals surface area contributed by atoms with E-state index < -0.39 is 34.6 Å². The number of amides is 3. The zero-order valence-electron chi connectivity index (χ0n) is 18.6. The number of H-pyrrole nitrogens is 1. The maximum absolute atomic E-state index is 13.6. The van der Waals surface area contributed by atoms with Crippen LogP contribution < -0.4 is 25.8 Å². The molecule has 0 saturated heterocycles. The second kappa shape index (κ2) is 9.11. The fourth-order valence-corrected chi connectivity index (χ4v) is 3.78. The number of carbonyl (C=O) groups excluding carboxylic acids is 2. The molecule has 0 saturated carbocycles. The van der Waals surface area contributed by atoms with Crippen molar-refractivity contribution in [1.29, 1.82) is 0 Å². The molecule has 0 unspecified atom stereocenters. The lowest BCUT2D eigenvalue weighted by atomic mass is 10.1. The molecule has 0 aliphatic carbocycles. The first-order chi connectivity index (χ1) is 17.5. The Morgan fingerprint density at radius 1 is 0.806 bits per heavy atom. The van der Waals surface area contributed by atoms with E-state index >= 15 is 0 Å². The highest BCUT2D eigenvalue weighted by atomic mass is 16.3. The van der Waals surface area contributed by atoms with E-state index in [0.717, 1.165) is 15.5 Å². The summed E-state index contributed by atoms with van der Waals surface area (Å²) in [4.78, 5) is 58.8. The van der Waals surface area contributed by atoms with Crippen LogP contribution in [0.3, 0.4) is 0 Å². The molecule has 0 bridgehead atoms. The minimum absolute atomic E-state index is 0.0750. The number of nitrogens with one attached hydrogen (secondary N) is 1. The number of urea groups is 1. The molecule has 2 aromatic carbocycles. The number of pyridine rings is 1. The lowest BCUT2D eigenvalue weighted by Crippen LogP contribution is -2.53. The van der Waals surface area contributed by atoms with Gasteiger partial charge < -0.3 is 5.11 Å². The Kier molecular flexibility index (Phi) is 5.67. The Balaban J connectivity index is 1.76. The van der Waals surface area contributed by atoms with E-state index in [-0.39, 0.29) is 22.8 Å². The minimum atomic E-state index is -0.974. The number of imide groups is 1. The molecule has 176 valence electrons. The largest absolute Gasteiger partial charge is 0.859 e. The van der Waals surface area contributed by atoms with Gasteiger partial charge in [0.2, 0.25) is 0 Å². The van der Waals surface area contributed by atoms with Crippen LogP contribution in [0, 0.1) is 0 Å². The van der Waals surface area contributed by atoms with Crippen molar-refractivity contribution in [3.05, 3.63) is 123 Å². The third-order valence-corrected chi connectivity index (χ3v) is 5.45. The molecule has 3 amide bonds. The average molecular weight is 479 g/mol. The van der Waals surface area contributed by atoms with Crippen LogP contribution in [0.2, 0.25) is 0 Å². The van der Waals surface area contributed by atoms with Crippen molar-refractivity contribution >= 4 is 29.5 Å². The molecule has 4 aromatic rings. The van der Waals surface area contributed by atoms with E-state index in [9.17, 15) is 24.3 Å². The van der Waals surface area contributed by atoms with Crippen molar-refractivity contribution in [2.24, 2.45) is 4.99 Å². The van der Waals surface area contributed by atoms with Crippen molar-refractivity contribution in [1.82, 2.24) is 9.55 Å². The van der Waals surface area contributed by atoms with E-state index in [2.05, 4.69) is 9.98 Å². The van der Waals surface area contributed by atoms with Gasteiger partial charge in [0.25, 0.3) is 11.5 Å². The number of nitrogens with zero attached hydrogens (tertiary/aromatic N) is 4. The molecule has 10 nitrogen and oxygen atoms in total. The summed E-state index contributed by atoms with van der Waals surface area (Å²) in [6.07, 6.45) is 4.20. The normalized spacial score (nSPS) is 14.7. The summed E-state index contributed by atoms with van der Waals surface area (Å²) < 4.78 is 2.23. The van der Waals surface area contributed by atoms with E-state index in [1.54, 1.807) is 79.1 Å². The van der Waals surface area contributed by atoms with Crippen molar-refractivity contribution in [3.8, 4) is 11.6 Å². The summed E-state index contributed by atoms with van der Waals surface area (Å²) in [5.41, 5.74) is -2.03. The number of anilines is 1. The Morgan fingerprint density at radius 3 is 2.03 bits per heavy atom. The summed E-state index contributed by atoms with van der Waals surface area (Å²) >= 11 is 0. The predicted molar refractivity (Wildman–Crippen MR) is 129 cm³/mol. The van der Waals surface area contributed by atoms with Crippen LogP contribution in [-0.4, -0.2) is 27.3 Å². The number of aliphatic imine (C=N–C) groups is 1. The number of rotatable bonds is 3. The molecule has 10 heteroatoms. The highest BCUT2D eigenvalue weighted by Crippen LogP contribution is 2.24. The quantitative estimate of drug-likeness (QED) is 0.350. The van der Waals surface area contributed by atoms with E-state index in [4.69, 9.17) is 0 Å². The highest BCUT2D eigenvalue weighted by molar-refractivity contribution is 6.37. The van der Waals surface area contributed by atoms with Crippen molar-refractivity contribution in [2.45, 2.75) is 0 Å². The molecule has 1 aliphatic rings. The second-order valence-electron chi connectivity index (χ2n) is 7.68. The maximum atomic E-state index is 13.6. The van der Waals surface area contributed by atoms with Crippen LogP contribution in [-0.2, 0) is 4.79 Å². The third kappa shape index (κ3) is 3.92. The number of carbonyl (C=O) groups is 2. The molecule has 2 aromatic heterocycles. The van der Waals surface area contributed by atoms with Gasteiger partial charge in [-0.1, -0.05) is 42.5 Å². The van der Waals surface area contributed by atoms with Crippen molar-refractivity contribution in [2.75, 3.05) is 4.90 Å². The van der Waals surface area contributed by atoms with Gasteiger partial charge in [-0.15, -0.1) is 0 Å². The SMILES string of the molecule is O=C1N=C([n+]2ccccc2)/C(=C/c2c([O-])n(-c3ccccc3)c(=O)[nH]c2=O)C(=O)N1c1ccccc1. The molecule has 0 fully saturated rings. The van der Waals surface area contributed by atoms with Crippen LogP contribution in [0.1, 0.15) is 5.56 Å². The molecule has 0 radical (unpaired) electrons. The summed E-state index contributed by atoms with van der Waals surface area (Å²) in [5.74, 6) is -1.78. The molecule has 5 rings (SSSR count). The van der Waals surface area contributed by atoms with Gasteiger partial charge in [0.1, 0.15) is 5.57 Å². The average Bonchev–Trinajstić information content (AvgIpc) is 2.89. The summed E-state index contributed by atoms with van der Waals surface area (Å²) in [6, 6.07) is 20.4. The number of para-hydroxylation sites is 2. The van der Waals surface area contributed by atoms with Crippen molar-refractivity contribution < 1.29 is 19.3 Å². The minimum Gasteiger partial charge on any atom is -0.859 e. The van der Waals surface area contributed by atoms with E-state index in [1.807, 2.05) is 0 Å². The number of hydrogen-bond donors (Lipinski definition) is 1. The van der Waals surface area contributed by atoms with Crippen molar-refractivity contribution in [3.63, 3.8) is 0 Å². The van der Waals surface area contributed by atoms with Gasteiger partial charge in [0.15, 0.2) is 0 Å². The Morgan fingerprint density at radius 2 is 1.39 bits per heavy atom. The van der Waals surface area contributed by atoms with Crippen LogP contribution in [0.4, 0.5) is 10.5 Å². The maximum Gasteiger partial charge on any atom is 0.464 e. The van der Waals surface area contributed by atoms with E-state index in [0.29, 0.717) is 0 Å². The smallest absolute Gasteiger partial charge is 0.464 e. The molecular formula is C26H17N5O5. The summed E-state index contributed by atoms with van der Waals surface area (Å²) in [5, 5.41) is 13.3. The topological polar surface area (TPSA) is 132 Å². The first kappa shape index (κ1) is 22.4. The lowest BCUT2D eigenvalue weighted by Gasteiger charge is -2.22. The van der Waals surface area contributed by atoms with Gasteiger partial charge in [-0.2, -0.15) is 0 Å². The third-order valence-electron chi connectivity index (χ3n) is 5.45. The molecule has 0 spiro atoms. The Labute approximate surface area is 203 Å². The lowest BCUT2D eigenvalue weighted by molar-refractivity contribution is -0.554. The van der Waals surface area contributed by atoms with Gasteiger partial charge in [-0.05, 0) is 48.4 Å². The van der Waals surface area contributed by atoms with E-state index in [1.165, 1.54) is 16.7 Å². The first-order valence-electron chi connectivity index (χ1n) is 10.8. The predicted octanol–water partition coefficient (Wildman–Crippen LogP) is 1.38. The number of benzene rings is 2. The van der Waals surface area contributed by atoms with Gasteiger partial charge >= 0.3 is 17.6 Å². The van der Waals surface area contributed by atoms with Gasteiger partial charge in [0.05, 0.1) is 23.6 Å². The molecule has 1 aliphatic heterocycles. The van der Waals surface area contributed by atoms with Gasteiger partial charge in [0, 0.05) is 10.7 Å². The molecule has 1 N–H and O–H groups in total. The zero-order valence-corrected chi connectivity index (χ0v) is 18.6. The number of aromatic nitrogens is 3. The fourth-order valence-electron chi connectivity index (χ4n) is 3.78. The van der Waals surface area contributed by atoms with Crippen LogP contribution >= 0.6 is 0 Å². The van der Waals surface area contributed by atoms with Gasteiger partial charge in [-0.25, -0.2) is 19.1 Å². The zero-order chi connectivity index (χ0) is 25.2. The van der Waals surface area contributed by atoms with Gasteiger partial charge in [-0.3, -0.25) is 19.1 Å². The molecule has 3 heterocycles. The van der Waals surface area contributed by atoms with Crippen LogP contribution in [0.15, 0.2) is 111 Å². The monoisotopic (exact) mass is 479 g/mol. The highest BCUT2D eigenvalue weighted by Gasteiger charge is 2.41. The Bertz CT molecular complexity index is 1660. The standard InChI is InChI=1S/C26H17N5O5/c32-22-20(24(34)31(26(36)28-22)18-12-6-2-7-13-18)16-19-21(29-14-8-3-9-15-29)27-25(35)30(23(19)33)17-10-4-1-5-11-17/h1-16H,(H-,27,28,32,33,34,35,36). The second-order valence-corrected chi connectivity index (χ2v) is 7.68. The Hall–Kier alpha value is -5.38. The number of aromatic amines is 1. The van der Waals surface area contributed by atoms with Crippen LogP contribution in [0.5, 0.6) is 5.88 Å². The summed E-state index contributed by atoms with van der Waals surface area (Å²) in [6.45, 7) is 0. The number of hydrogen-bond acceptors (Lipinski definition) is 5.